The Bertz CT molecular complexity index is 1130. The Morgan fingerprint density at radius 2 is 1.96 bits per heavy atom. The van der Waals surface area contributed by atoms with Crippen molar-refractivity contribution in [1.82, 2.24) is 19.6 Å². The lowest BCUT2D eigenvalue weighted by molar-refractivity contribution is -0.137. The summed E-state index contributed by atoms with van der Waals surface area (Å²) in [6.45, 7) is 0. The summed E-state index contributed by atoms with van der Waals surface area (Å²) in [4.78, 5) is 8.51. The van der Waals surface area contributed by atoms with Gasteiger partial charge in [-0.15, -0.1) is 0 Å². The van der Waals surface area contributed by atoms with Gasteiger partial charge in [-0.3, -0.25) is 5.10 Å². The van der Waals surface area contributed by atoms with Crippen LogP contribution in [0.15, 0.2) is 42.5 Å². The molecule has 0 radical (unpaired) electrons. The molecule has 2 aromatic carbocycles. The summed E-state index contributed by atoms with van der Waals surface area (Å²) in [5.41, 5.74) is 1.30. The highest BCUT2D eigenvalue weighted by Crippen LogP contribution is 2.31. The Morgan fingerprint density at radius 3 is 2.72 bits per heavy atom. The number of aromatic nitrogens is 4. The van der Waals surface area contributed by atoms with E-state index in [1.54, 1.807) is 22.7 Å². The van der Waals surface area contributed by atoms with Crippen LogP contribution in [-0.4, -0.2) is 19.6 Å². The minimum Gasteiger partial charge on any atom is -0.325 e. The summed E-state index contributed by atoms with van der Waals surface area (Å²) in [7, 11) is 0. The van der Waals surface area contributed by atoms with E-state index < -0.39 is 11.7 Å². The molecule has 0 bridgehead atoms. The molecule has 0 atom stereocenters. The number of aromatic amines is 1. The lowest BCUT2D eigenvalue weighted by Gasteiger charge is -2.08. The van der Waals surface area contributed by atoms with Crippen molar-refractivity contribution in [3.05, 3.63) is 53.6 Å². The molecule has 2 aromatic heterocycles. The van der Waals surface area contributed by atoms with Crippen LogP contribution in [0.1, 0.15) is 11.1 Å². The molecule has 0 aliphatic carbocycles. The Labute approximate surface area is 138 Å². The summed E-state index contributed by atoms with van der Waals surface area (Å²) < 4.78 is 39.9. The third-order valence-electron chi connectivity index (χ3n) is 3.65. The number of imidazole rings is 1. The van der Waals surface area contributed by atoms with Gasteiger partial charge in [0.25, 0.3) is 5.78 Å². The first kappa shape index (κ1) is 15.0. The molecule has 0 aliphatic rings. The molecular weight excluding hydrogens is 333 g/mol. The second kappa shape index (κ2) is 5.24. The maximum absolute atomic E-state index is 12.8. The van der Waals surface area contributed by atoms with E-state index in [0.29, 0.717) is 22.4 Å². The predicted octanol–water partition coefficient (Wildman–Crippen LogP) is 3.84. The summed E-state index contributed by atoms with van der Waals surface area (Å²) in [6, 6.07) is 11.9. The zero-order valence-corrected chi connectivity index (χ0v) is 12.5. The zero-order chi connectivity index (χ0) is 17.6. The number of fused-ring (bicyclic) bond motifs is 3. The normalized spacial score (nSPS) is 11.8. The lowest BCUT2D eigenvalue weighted by atomic mass is 10.2. The molecule has 0 amide bonds. The van der Waals surface area contributed by atoms with Gasteiger partial charge in [0.15, 0.2) is 0 Å². The Morgan fingerprint density at radius 1 is 1.12 bits per heavy atom. The second-order valence-corrected chi connectivity index (χ2v) is 5.34. The van der Waals surface area contributed by atoms with Gasteiger partial charge in [0.05, 0.1) is 28.2 Å². The molecule has 2 N–H and O–H groups in total. The number of alkyl halides is 3. The highest BCUT2D eigenvalue weighted by Gasteiger charge is 2.30. The number of halogens is 3. The fourth-order valence-corrected chi connectivity index (χ4v) is 2.52. The second-order valence-electron chi connectivity index (χ2n) is 5.34. The van der Waals surface area contributed by atoms with E-state index in [0.717, 1.165) is 12.1 Å². The van der Waals surface area contributed by atoms with E-state index >= 15 is 0 Å². The van der Waals surface area contributed by atoms with Crippen molar-refractivity contribution in [1.29, 1.82) is 5.26 Å². The molecule has 2 heterocycles. The van der Waals surface area contributed by atoms with E-state index in [1.165, 1.54) is 12.1 Å². The number of nitrogens with zero attached hydrogens (tertiary/aromatic N) is 4. The third kappa shape index (κ3) is 2.63. The average molecular weight is 342 g/mol. The van der Waals surface area contributed by atoms with Gasteiger partial charge in [-0.25, -0.2) is 9.50 Å². The quantitative estimate of drug-likeness (QED) is 0.580. The van der Waals surface area contributed by atoms with Crippen LogP contribution < -0.4 is 5.32 Å². The first-order chi connectivity index (χ1) is 11.9. The molecule has 25 heavy (non-hydrogen) atoms. The molecular formula is C16H9F3N6. The van der Waals surface area contributed by atoms with Crippen LogP contribution in [0.5, 0.6) is 0 Å². The molecule has 124 valence electrons. The van der Waals surface area contributed by atoms with Crippen LogP contribution in [0.4, 0.5) is 24.8 Å². The molecule has 6 nitrogen and oxygen atoms in total. The van der Waals surface area contributed by atoms with Gasteiger partial charge in [0.1, 0.15) is 0 Å². The Kier molecular flexibility index (Phi) is 3.15. The Hall–Kier alpha value is -3.54. The van der Waals surface area contributed by atoms with Gasteiger partial charge in [0, 0.05) is 5.69 Å². The van der Waals surface area contributed by atoms with E-state index in [4.69, 9.17) is 5.26 Å². The number of anilines is 2. The molecule has 0 unspecified atom stereocenters. The number of hydrogen-bond donors (Lipinski definition) is 2. The predicted molar refractivity (Wildman–Crippen MR) is 84.3 cm³/mol. The van der Waals surface area contributed by atoms with E-state index in [1.807, 2.05) is 6.07 Å². The van der Waals surface area contributed by atoms with Gasteiger partial charge in [-0.2, -0.15) is 23.4 Å². The van der Waals surface area contributed by atoms with E-state index in [2.05, 4.69) is 20.4 Å². The van der Waals surface area contributed by atoms with Crippen LogP contribution in [0, 0.1) is 11.3 Å². The number of hydrogen-bond acceptors (Lipinski definition) is 4. The summed E-state index contributed by atoms with van der Waals surface area (Å²) in [6.07, 6.45) is -4.41. The van der Waals surface area contributed by atoms with Gasteiger partial charge >= 0.3 is 6.18 Å². The van der Waals surface area contributed by atoms with Gasteiger partial charge < -0.3 is 5.32 Å². The maximum atomic E-state index is 12.8. The first-order valence-electron chi connectivity index (χ1n) is 7.17. The fraction of sp³-hybridized carbons (Fsp3) is 0.0625. The molecule has 9 heteroatoms. The summed E-state index contributed by atoms with van der Waals surface area (Å²) >= 11 is 0. The number of rotatable bonds is 2. The first-order valence-corrected chi connectivity index (χ1v) is 7.17. The van der Waals surface area contributed by atoms with Crippen LogP contribution in [0.25, 0.3) is 16.8 Å². The van der Waals surface area contributed by atoms with Gasteiger partial charge in [0.2, 0.25) is 5.95 Å². The summed E-state index contributed by atoms with van der Waals surface area (Å²) in [5.74, 6) is 0.604. The zero-order valence-electron chi connectivity index (χ0n) is 12.5. The van der Waals surface area contributed by atoms with Crippen molar-refractivity contribution < 1.29 is 13.2 Å². The lowest BCUT2D eigenvalue weighted by Crippen LogP contribution is -2.05. The van der Waals surface area contributed by atoms with Crippen LogP contribution >= 0.6 is 0 Å². The van der Waals surface area contributed by atoms with Crippen molar-refractivity contribution in [2.75, 3.05) is 5.32 Å². The SMILES string of the molecule is N#Cc1ccc2c(c1)nc1nc(Nc3cccc(C(F)(F)F)c3)[nH]n12. The summed E-state index contributed by atoms with van der Waals surface area (Å²) in [5, 5.41) is 14.6. The van der Waals surface area contributed by atoms with Crippen molar-refractivity contribution in [3.8, 4) is 6.07 Å². The minimum atomic E-state index is -4.41. The molecule has 4 aromatic rings. The number of nitrogens with one attached hydrogen (secondary N) is 2. The third-order valence-corrected chi connectivity index (χ3v) is 3.65. The highest BCUT2D eigenvalue weighted by atomic mass is 19.4. The van der Waals surface area contributed by atoms with Crippen molar-refractivity contribution in [2.45, 2.75) is 6.18 Å². The maximum Gasteiger partial charge on any atom is 0.416 e. The minimum absolute atomic E-state index is 0.253. The Balaban J connectivity index is 1.70. The van der Waals surface area contributed by atoms with Crippen LogP contribution in [0.2, 0.25) is 0 Å². The number of benzene rings is 2. The molecule has 0 saturated carbocycles. The highest BCUT2D eigenvalue weighted by molar-refractivity contribution is 5.81. The van der Waals surface area contributed by atoms with E-state index in [9.17, 15) is 13.2 Å². The monoisotopic (exact) mass is 342 g/mol. The smallest absolute Gasteiger partial charge is 0.325 e. The van der Waals surface area contributed by atoms with Crippen LogP contribution in [-0.2, 0) is 6.18 Å². The molecule has 0 spiro atoms. The van der Waals surface area contributed by atoms with Crippen LogP contribution in [0.3, 0.4) is 0 Å². The molecule has 0 aliphatic heterocycles. The van der Waals surface area contributed by atoms with Gasteiger partial charge in [-0.1, -0.05) is 6.07 Å². The fourth-order valence-electron chi connectivity index (χ4n) is 2.52. The van der Waals surface area contributed by atoms with E-state index in [-0.39, 0.29) is 11.6 Å². The largest absolute Gasteiger partial charge is 0.416 e. The topological polar surface area (TPSA) is 81.8 Å². The van der Waals surface area contributed by atoms with Crippen molar-refractivity contribution in [2.24, 2.45) is 0 Å². The number of nitriles is 1. The van der Waals surface area contributed by atoms with Gasteiger partial charge in [-0.05, 0) is 36.4 Å². The molecule has 0 saturated heterocycles. The van der Waals surface area contributed by atoms with Crippen molar-refractivity contribution in [3.63, 3.8) is 0 Å². The molecule has 0 fully saturated rings. The molecule has 4 rings (SSSR count). The average Bonchev–Trinajstić information content (AvgIpc) is 3.10. The standard InChI is InChI=1S/C16H9F3N6/c17-16(18,19)10-2-1-3-11(7-10)21-14-23-15-22-12-6-9(8-20)4-5-13(12)25(15)24-14/h1-7H,(H2,21,22,23,24). The number of H-pyrrole nitrogens is 1. The van der Waals surface area contributed by atoms with Crippen molar-refractivity contribution >= 4 is 28.4 Å².